The number of methoxy groups -OCH3 is 1. The van der Waals surface area contributed by atoms with Gasteiger partial charge in [-0.3, -0.25) is 14.4 Å². The fraction of sp³-hybridized carbons (Fsp3) is 0.115. The highest BCUT2D eigenvalue weighted by Gasteiger charge is 2.17. The lowest BCUT2D eigenvalue weighted by atomic mass is 10.1. The normalized spacial score (nSPS) is 12.3. The van der Waals surface area contributed by atoms with E-state index in [1.54, 1.807) is 66.7 Å². The molecule has 0 radical (unpaired) electrons. The number of hydrogen-bond donors (Lipinski definition) is 2. The topological polar surface area (TPSA) is 103 Å². The molecule has 3 aromatic carbocycles. The smallest absolute Gasteiger partial charge is 0.262 e. The summed E-state index contributed by atoms with van der Waals surface area (Å²) in [6, 6.07) is 16.8. The molecule has 1 heterocycles. The van der Waals surface area contributed by atoms with Gasteiger partial charge in [0, 0.05) is 5.56 Å². The third-order valence-corrected chi connectivity index (χ3v) is 5.35. The molecule has 1 aliphatic heterocycles. The molecule has 0 bridgehead atoms. The van der Waals surface area contributed by atoms with Crippen LogP contribution in [0.1, 0.15) is 15.9 Å². The summed E-state index contributed by atoms with van der Waals surface area (Å²) >= 11 is 6.05. The van der Waals surface area contributed by atoms with E-state index in [-0.39, 0.29) is 30.8 Å². The first-order valence-electron chi connectivity index (χ1n) is 10.6. The van der Waals surface area contributed by atoms with E-state index in [4.69, 9.17) is 25.8 Å². The van der Waals surface area contributed by atoms with Crippen molar-refractivity contribution >= 4 is 46.6 Å². The zero-order valence-corrected chi connectivity index (χ0v) is 19.4. The Morgan fingerprint density at radius 3 is 2.74 bits per heavy atom. The number of rotatable bonds is 8. The highest BCUT2D eigenvalue weighted by atomic mass is 35.5. The van der Waals surface area contributed by atoms with Gasteiger partial charge < -0.3 is 24.8 Å². The predicted octanol–water partition coefficient (Wildman–Crippen LogP) is 4.59. The number of allylic oxidation sites excluding steroid dienone is 1. The second-order valence-corrected chi connectivity index (χ2v) is 7.88. The fourth-order valence-electron chi connectivity index (χ4n) is 3.30. The first-order chi connectivity index (χ1) is 16.9. The second kappa shape index (κ2) is 10.8. The fourth-order valence-corrected chi connectivity index (χ4v) is 3.49. The summed E-state index contributed by atoms with van der Waals surface area (Å²) in [5.74, 6) is 0.401. The number of benzene rings is 3. The maximum Gasteiger partial charge on any atom is 0.262 e. The number of carbonyl (C=O) groups is 3. The van der Waals surface area contributed by atoms with Crippen LogP contribution >= 0.6 is 11.6 Å². The number of ether oxygens (including phenoxy) is 3. The van der Waals surface area contributed by atoms with E-state index in [0.717, 1.165) is 0 Å². The molecule has 8 nitrogen and oxygen atoms in total. The molecule has 0 aliphatic carbocycles. The molecule has 2 amide bonds. The van der Waals surface area contributed by atoms with Gasteiger partial charge in [0.1, 0.15) is 5.75 Å². The summed E-state index contributed by atoms with van der Waals surface area (Å²) in [5, 5.41) is 5.79. The minimum Gasteiger partial charge on any atom is -0.493 e. The van der Waals surface area contributed by atoms with Crippen molar-refractivity contribution in [3.63, 3.8) is 0 Å². The van der Waals surface area contributed by atoms with Crippen molar-refractivity contribution in [2.24, 2.45) is 0 Å². The monoisotopic (exact) mass is 492 g/mol. The lowest BCUT2D eigenvalue weighted by molar-refractivity contribution is -0.119. The van der Waals surface area contributed by atoms with Gasteiger partial charge in [0.25, 0.3) is 11.8 Å². The van der Waals surface area contributed by atoms with Crippen LogP contribution < -0.4 is 24.8 Å². The number of carbonyl (C=O) groups excluding carboxylic acids is 3. The van der Waals surface area contributed by atoms with Gasteiger partial charge in [-0.1, -0.05) is 35.9 Å². The third kappa shape index (κ3) is 5.99. The van der Waals surface area contributed by atoms with Crippen LogP contribution in [0, 0.1) is 0 Å². The van der Waals surface area contributed by atoms with E-state index in [9.17, 15) is 14.4 Å². The average Bonchev–Trinajstić information content (AvgIpc) is 2.87. The summed E-state index contributed by atoms with van der Waals surface area (Å²) in [7, 11) is 1.48. The molecule has 0 spiro atoms. The third-order valence-electron chi connectivity index (χ3n) is 5.02. The first kappa shape index (κ1) is 23.8. The van der Waals surface area contributed by atoms with Crippen molar-refractivity contribution in [2.75, 3.05) is 31.0 Å². The SMILES string of the molecule is COc1cc(/C=C/C(=O)c2ccc3c(c2)NC(=O)CO3)ccc1OCC(=O)Nc1ccccc1Cl. The second-order valence-electron chi connectivity index (χ2n) is 7.47. The molecule has 0 fully saturated rings. The molecule has 0 aromatic heterocycles. The lowest BCUT2D eigenvalue weighted by Crippen LogP contribution is -2.25. The van der Waals surface area contributed by atoms with E-state index in [0.29, 0.717) is 44.8 Å². The van der Waals surface area contributed by atoms with Crippen molar-refractivity contribution in [3.05, 3.63) is 82.9 Å². The van der Waals surface area contributed by atoms with Crippen molar-refractivity contribution in [1.29, 1.82) is 0 Å². The van der Waals surface area contributed by atoms with Gasteiger partial charge in [-0.2, -0.15) is 0 Å². The van der Waals surface area contributed by atoms with Gasteiger partial charge in [-0.25, -0.2) is 0 Å². The molecular formula is C26H21ClN2O6. The maximum absolute atomic E-state index is 12.6. The van der Waals surface area contributed by atoms with Crippen LogP contribution in [-0.2, 0) is 9.59 Å². The van der Waals surface area contributed by atoms with E-state index < -0.39 is 0 Å². The summed E-state index contributed by atoms with van der Waals surface area (Å²) in [6.07, 6.45) is 3.05. The Morgan fingerprint density at radius 1 is 1.11 bits per heavy atom. The number of hydrogen-bond acceptors (Lipinski definition) is 6. The summed E-state index contributed by atoms with van der Waals surface area (Å²) in [4.78, 5) is 36.3. The molecule has 0 atom stereocenters. The zero-order valence-electron chi connectivity index (χ0n) is 18.7. The van der Waals surface area contributed by atoms with E-state index in [2.05, 4.69) is 10.6 Å². The van der Waals surface area contributed by atoms with Gasteiger partial charge in [-0.05, 0) is 54.1 Å². The largest absolute Gasteiger partial charge is 0.493 e. The number of para-hydroxylation sites is 1. The van der Waals surface area contributed by atoms with Crippen molar-refractivity contribution in [1.82, 2.24) is 0 Å². The Morgan fingerprint density at radius 2 is 1.94 bits per heavy atom. The van der Waals surface area contributed by atoms with Gasteiger partial charge in [0.15, 0.2) is 30.5 Å². The highest BCUT2D eigenvalue weighted by molar-refractivity contribution is 6.33. The molecule has 3 aromatic rings. The van der Waals surface area contributed by atoms with Crippen LogP contribution in [0.4, 0.5) is 11.4 Å². The molecule has 178 valence electrons. The van der Waals surface area contributed by atoms with Crippen molar-refractivity contribution in [2.45, 2.75) is 0 Å². The number of fused-ring (bicyclic) bond motifs is 1. The van der Waals surface area contributed by atoms with Gasteiger partial charge in [0.05, 0.1) is 23.5 Å². The lowest BCUT2D eigenvalue weighted by Gasteiger charge is -2.17. The quantitative estimate of drug-likeness (QED) is 0.352. The van der Waals surface area contributed by atoms with Crippen LogP contribution in [0.5, 0.6) is 17.2 Å². The minimum atomic E-state index is -0.374. The van der Waals surface area contributed by atoms with Crippen LogP contribution in [0.25, 0.3) is 6.08 Å². The molecule has 0 saturated carbocycles. The Bertz CT molecular complexity index is 1320. The standard InChI is InChI=1S/C26H21ClN2O6/c1-33-24-12-16(6-9-21(30)17-8-11-22-20(13-17)29-26(32)14-34-22)7-10-23(24)35-15-25(31)28-19-5-3-2-4-18(19)27/h2-13H,14-15H2,1H3,(H,28,31)(H,29,32)/b9-6+. The Kier molecular flexibility index (Phi) is 7.32. The number of amides is 2. The van der Waals surface area contributed by atoms with E-state index >= 15 is 0 Å². The van der Waals surface area contributed by atoms with Gasteiger partial charge >= 0.3 is 0 Å². The molecular weight excluding hydrogens is 472 g/mol. The summed E-state index contributed by atoms with van der Waals surface area (Å²) in [6.45, 7) is -0.290. The molecule has 1 aliphatic rings. The van der Waals surface area contributed by atoms with Crippen molar-refractivity contribution in [3.8, 4) is 17.2 Å². The average molecular weight is 493 g/mol. The molecule has 35 heavy (non-hydrogen) atoms. The summed E-state index contributed by atoms with van der Waals surface area (Å²) < 4.78 is 16.3. The minimum absolute atomic E-state index is 0.0478. The van der Waals surface area contributed by atoms with Gasteiger partial charge in [-0.15, -0.1) is 0 Å². The molecule has 4 rings (SSSR count). The van der Waals surface area contributed by atoms with Crippen molar-refractivity contribution < 1.29 is 28.6 Å². The highest BCUT2D eigenvalue weighted by Crippen LogP contribution is 2.30. The Labute approximate surface area is 206 Å². The molecule has 9 heteroatoms. The predicted molar refractivity (Wildman–Crippen MR) is 133 cm³/mol. The maximum atomic E-state index is 12.6. The van der Waals surface area contributed by atoms with E-state index in [1.807, 2.05) is 0 Å². The Balaban J connectivity index is 1.39. The molecule has 2 N–H and O–H groups in total. The number of anilines is 2. The Hall–Kier alpha value is -4.30. The van der Waals surface area contributed by atoms with Crippen LogP contribution in [-0.4, -0.2) is 37.9 Å². The summed E-state index contributed by atoms with van der Waals surface area (Å²) in [5.41, 5.74) is 2.05. The first-order valence-corrected chi connectivity index (χ1v) is 10.9. The van der Waals surface area contributed by atoms with Crippen LogP contribution in [0.15, 0.2) is 66.7 Å². The van der Waals surface area contributed by atoms with Crippen LogP contribution in [0.2, 0.25) is 5.02 Å². The zero-order chi connectivity index (χ0) is 24.8. The number of ketones is 1. The number of halogens is 1. The molecule has 0 unspecified atom stereocenters. The number of nitrogens with one attached hydrogen (secondary N) is 2. The van der Waals surface area contributed by atoms with E-state index in [1.165, 1.54) is 13.2 Å². The van der Waals surface area contributed by atoms with Gasteiger partial charge in [0.2, 0.25) is 0 Å². The van der Waals surface area contributed by atoms with Crippen LogP contribution in [0.3, 0.4) is 0 Å². The molecule has 0 saturated heterocycles.